The van der Waals surface area contributed by atoms with Gasteiger partial charge in [-0.1, -0.05) is 125 Å². The van der Waals surface area contributed by atoms with E-state index in [1.807, 2.05) is 27.7 Å². The first-order valence-corrected chi connectivity index (χ1v) is 46.9. The number of phenolic OH excluding ortho intramolecular Hbond substituents is 1. The number of thiazole rings is 1. The molecule has 3 aromatic carbocycles. The Labute approximate surface area is 780 Å². The third kappa shape index (κ3) is 25.7. The molecule has 11 rings (SSSR count). The van der Waals surface area contributed by atoms with E-state index in [-0.39, 0.29) is 117 Å². The lowest BCUT2D eigenvalue weighted by Crippen LogP contribution is -2.60. The predicted molar refractivity (Wildman–Crippen MR) is 497 cm³/mol. The number of carbonyl (C=O) groups is 16. The van der Waals surface area contributed by atoms with Crippen molar-refractivity contribution < 1.29 is 86.9 Å². The molecule has 133 heavy (non-hydrogen) atoms. The number of rotatable bonds is 21. The SMILES string of the molecule is CCCC[C@H]1C(=O)N(C)[C@@H](CCCC)C(=O)N[C@@H](CC(C)C)C(=O)NCCSCC(=O)N[C@@H](Cc2ccc(O)cc2)C(=O)N(C)[C@@H](C)C(=O)N[C@@H](CC(N)=O)C(=O)N2CCCC2C(=O)N[C@@H](CNc2nc3c(nc(Cl)c4ncn(C)c43)s2)C(=O)NCC(=O)N2CCCC2C(=O)N[C@@H](Cc2c[nH]c3ccccc23)C(=O)NCC(=O)N[C@@H](Cc2cn(CC(=O)O)c3ccccc23)C(=O)N1C. The maximum atomic E-state index is 15.7. The Morgan fingerprint density at radius 1 is 0.609 bits per heavy atom. The van der Waals surface area contributed by atoms with Crippen LogP contribution in [0.3, 0.4) is 0 Å². The number of nitrogens with one attached hydrogen (secondary N) is 11. The molecule has 15 N–H and O–H groups in total. The van der Waals surface area contributed by atoms with Crippen LogP contribution in [0.5, 0.6) is 5.75 Å². The number of carbonyl (C=O) groups excluding carboxylic acids is 15. The average molecular weight is 1890 g/mol. The van der Waals surface area contributed by atoms with Crippen molar-refractivity contribution in [1.29, 1.82) is 0 Å². The number of aryl methyl sites for hydroxylation is 1. The molecule has 43 heteroatoms. The predicted octanol–water partition coefficient (Wildman–Crippen LogP) is 2.39. The van der Waals surface area contributed by atoms with Gasteiger partial charge in [-0.3, -0.25) is 76.7 Å². The van der Waals surface area contributed by atoms with Gasteiger partial charge in [0.25, 0.3) is 0 Å². The number of nitrogens with zero attached hydrogens (tertiary/aromatic N) is 10. The van der Waals surface area contributed by atoms with Crippen LogP contribution in [0.15, 0.2) is 91.5 Å². The number of pyridine rings is 1. The molecule has 40 nitrogen and oxygen atoms in total. The molecule has 2 unspecified atom stereocenters. The summed E-state index contributed by atoms with van der Waals surface area (Å²) in [5, 5.41) is 49.5. The highest BCUT2D eigenvalue weighted by atomic mass is 35.5. The number of H-pyrrole nitrogens is 1. The number of nitrogens with two attached hydrogens (primary N) is 1. The van der Waals surface area contributed by atoms with Gasteiger partial charge in [0.05, 0.1) is 31.6 Å². The Bertz CT molecular complexity index is 5640. The van der Waals surface area contributed by atoms with E-state index >= 15 is 9.59 Å². The van der Waals surface area contributed by atoms with Crippen molar-refractivity contribution >= 4 is 178 Å². The second-order valence-corrected chi connectivity index (χ2v) is 36.6. The van der Waals surface area contributed by atoms with Crippen LogP contribution in [-0.4, -0.2) is 297 Å². The van der Waals surface area contributed by atoms with E-state index in [9.17, 15) is 77.3 Å². The fourth-order valence-corrected chi connectivity index (χ4v) is 18.7. The fraction of sp³-hybridized carbons (Fsp3) is 0.500. The quantitative estimate of drug-likeness (QED) is 0.0459. The number of aliphatic carboxylic acids is 1. The molecule has 15 amide bonds. The minimum absolute atomic E-state index is 0.00182. The van der Waals surface area contributed by atoms with Crippen molar-refractivity contribution in [1.82, 2.24) is 101 Å². The van der Waals surface area contributed by atoms with Crippen molar-refractivity contribution in [2.75, 3.05) is 77.2 Å². The number of aromatic hydroxyl groups is 1. The molecule has 11 atom stereocenters. The molecule has 0 saturated carbocycles. The summed E-state index contributed by atoms with van der Waals surface area (Å²) in [6.07, 6.45) is 6.27. The van der Waals surface area contributed by atoms with Crippen molar-refractivity contribution in [2.45, 2.75) is 204 Å². The lowest BCUT2D eigenvalue weighted by Gasteiger charge is -2.36. The van der Waals surface area contributed by atoms with Crippen molar-refractivity contribution in [3.63, 3.8) is 0 Å². The number of unbranched alkanes of at least 4 members (excludes halogenated alkanes) is 2. The smallest absolute Gasteiger partial charge is 0.323 e. The largest absolute Gasteiger partial charge is 0.508 e. The topological polar surface area (TPSA) is 540 Å². The van der Waals surface area contributed by atoms with Gasteiger partial charge in [0.1, 0.15) is 100 Å². The van der Waals surface area contributed by atoms with Crippen LogP contribution in [0.25, 0.3) is 43.2 Å². The molecule has 3 saturated heterocycles. The highest BCUT2D eigenvalue weighted by molar-refractivity contribution is 7.99. The number of aromatic nitrogens is 6. The van der Waals surface area contributed by atoms with Gasteiger partial charge in [-0.25, -0.2) is 15.0 Å². The van der Waals surface area contributed by atoms with Crippen molar-refractivity contribution in [2.24, 2.45) is 18.7 Å². The lowest BCUT2D eigenvalue weighted by molar-refractivity contribution is -0.149. The zero-order chi connectivity index (χ0) is 96.2. The number of primary amides is 1. The van der Waals surface area contributed by atoms with E-state index in [1.165, 1.54) is 77.9 Å². The molecule has 8 aromatic rings. The number of phenols is 1. The molecule has 714 valence electrons. The lowest BCUT2D eigenvalue weighted by atomic mass is 9.99. The van der Waals surface area contributed by atoms with E-state index in [1.54, 1.807) is 72.5 Å². The van der Waals surface area contributed by atoms with Gasteiger partial charge in [0, 0.05) is 114 Å². The summed E-state index contributed by atoms with van der Waals surface area (Å²) < 4.78 is 3.17. The van der Waals surface area contributed by atoms with Gasteiger partial charge in [0.2, 0.25) is 88.6 Å². The Morgan fingerprint density at radius 2 is 1.20 bits per heavy atom. The fourth-order valence-electron chi connectivity index (χ4n) is 16.9. The number of aromatic amines is 1. The van der Waals surface area contributed by atoms with Crippen LogP contribution in [0, 0.1) is 5.92 Å². The minimum atomic E-state index is -1.73. The monoisotopic (exact) mass is 1890 g/mol. The summed E-state index contributed by atoms with van der Waals surface area (Å²) in [5.74, 6) is -13.7. The summed E-state index contributed by atoms with van der Waals surface area (Å²) in [6.45, 7) is 6.27. The maximum Gasteiger partial charge on any atom is 0.323 e. The third-order valence-electron chi connectivity index (χ3n) is 24.1. The Hall–Kier alpha value is -13.0. The van der Waals surface area contributed by atoms with Crippen LogP contribution in [-0.2, 0) is 110 Å². The van der Waals surface area contributed by atoms with Crippen LogP contribution >= 0.6 is 34.7 Å². The van der Waals surface area contributed by atoms with E-state index in [0.29, 0.717) is 85.6 Å². The molecule has 3 fully saturated rings. The molecule has 8 heterocycles. The first kappa shape index (κ1) is 101. The molecule has 3 aliphatic rings. The van der Waals surface area contributed by atoms with Gasteiger partial charge in [0.15, 0.2) is 10.3 Å². The van der Waals surface area contributed by atoms with Gasteiger partial charge >= 0.3 is 5.97 Å². The van der Waals surface area contributed by atoms with Gasteiger partial charge in [-0.2, -0.15) is 11.8 Å². The van der Waals surface area contributed by atoms with E-state index < -0.39 is 194 Å². The van der Waals surface area contributed by atoms with E-state index in [2.05, 4.69) is 68.1 Å². The highest BCUT2D eigenvalue weighted by Gasteiger charge is 2.44. The van der Waals surface area contributed by atoms with Crippen molar-refractivity contribution in [3.8, 4) is 5.75 Å². The van der Waals surface area contributed by atoms with Crippen LogP contribution in [0.2, 0.25) is 5.15 Å². The number of para-hydroxylation sites is 2. The molecular weight excluding hydrogens is 1780 g/mol. The second kappa shape index (κ2) is 46.4. The number of hydrogen-bond acceptors (Lipinski definition) is 23. The summed E-state index contributed by atoms with van der Waals surface area (Å²) in [6, 6.07) is 4.54. The number of benzene rings is 3. The Morgan fingerprint density at radius 3 is 1.89 bits per heavy atom. The normalized spacial score (nSPS) is 22.9. The molecule has 0 aliphatic carbocycles. The number of imidazole rings is 1. The number of amides is 15. The standard InChI is InChI=1S/C90H117ClN22O18S2/c1-10-12-23-65-82(125)101-58(36-49(3)4)79(122)93-32-35-132-47-71(117)100-60(37-51-28-30-54(114)31-29-51)86(128)108(7)50(5)78(121)103-62(40-69(92)115)88(130)113-34-19-27-67(113)84(127)104-63(42-97-90-105-75-76-74(98-48-107(76)6)77(91)106-85(75)133-90)81(124)96-44-72(118)112-33-18-26-66(112)83(126)102-59(38-52-41-94-57-22-16-14-20-55(52)57)80(123)95-43-70(116)99-61(87(129)110(9)68(24-13-11-2)89(131)109(65)8)39-53-45-111(46-73(119)120)64-25-17-15-21-56(53)64/h14-17,20-22,25,28-31,41,45,48-50,58-63,65-68,94,114H,10-13,18-19,23-24,26-27,32-40,42-44,46-47H2,1-9H3,(H2,92,115)(H,93,122)(H,95,123)(H,96,124)(H,97,105)(H,99,116)(H,100,117)(H,101,125)(H,102,126)(H,103,121)(H,104,127)(H,119,120)/t50-,58-,59-,60-,61-,62-,63-,65-,66?,67?,68-/m0/s1. The van der Waals surface area contributed by atoms with E-state index in [4.69, 9.17) is 22.3 Å². The summed E-state index contributed by atoms with van der Waals surface area (Å²) in [4.78, 5) is 256. The number of fused-ring (bicyclic) bond motifs is 7. The second-order valence-electron chi connectivity index (χ2n) is 34.2. The number of thioether (sulfide) groups is 1. The number of halogens is 1. The molecule has 0 bridgehead atoms. The van der Waals surface area contributed by atoms with Crippen LogP contribution in [0.4, 0.5) is 5.13 Å². The molecule has 3 aliphatic heterocycles. The molecule has 5 aromatic heterocycles. The number of anilines is 1. The zero-order valence-electron chi connectivity index (χ0n) is 75.7. The Balaban J connectivity index is 0.906. The number of carboxylic acids is 1. The maximum absolute atomic E-state index is 15.7. The summed E-state index contributed by atoms with van der Waals surface area (Å²) >= 11 is 8.71. The van der Waals surface area contributed by atoms with Gasteiger partial charge in [-0.15, -0.1) is 0 Å². The first-order valence-electron chi connectivity index (χ1n) is 44.5. The number of likely N-dealkylation sites (N-methyl/N-ethyl adjacent to an activating group) is 3. The first-order chi connectivity index (χ1) is 63.5. The summed E-state index contributed by atoms with van der Waals surface area (Å²) in [5.41, 5.74) is 9.71. The van der Waals surface area contributed by atoms with Crippen molar-refractivity contribution in [3.05, 3.63) is 113 Å². The Kier molecular flexibility index (Phi) is 35.1. The van der Waals surface area contributed by atoms with E-state index in [0.717, 1.165) is 32.9 Å². The minimum Gasteiger partial charge on any atom is -0.508 e. The highest BCUT2D eigenvalue weighted by Crippen LogP contribution is 2.34. The molecule has 0 spiro atoms. The summed E-state index contributed by atoms with van der Waals surface area (Å²) in [7, 11) is 5.85. The number of hydrogen-bond donors (Lipinski definition) is 14. The van der Waals surface area contributed by atoms with Gasteiger partial charge < -0.3 is 108 Å². The van der Waals surface area contributed by atoms with Gasteiger partial charge in [-0.05, 0) is 98.7 Å². The third-order valence-corrected chi connectivity index (χ3v) is 26.2. The zero-order valence-corrected chi connectivity index (χ0v) is 78.1. The van der Waals surface area contributed by atoms with Crippen LogP contribution in [0.1, 0.15) is 128 Å². The van der Waals surface area contributed by atoms with Crippen LogP contribution < -0.4 is 58.9 Å². The average Bonchev–Trinajstić information content (AvgIpc) is 1.58. The molecule has 0 radical (unpaired) electrons. The molecular formula is C90H117ClN22O18S2. The number of carboxylic acid groups (broad SMARTS) is 1.